The Kier molecular flexibility index (Phi) is 4.49. The van der Waals surface area contributed by atoms with Crippen molar-refractivity contribution < 1.29 is 9.53 Å². The van der Waals surface area contributed by atoms with Gasteiger partial charge in [0.2, 0.25) is 0 Å². The first kappa shape index (κ1) is 15.1. The molecule has 1 fully saturated rings. The van der Waals surface area contributed by atoms with Crippen LogP contribution in [0.25, 0.3) is 0 Å². The van der Waals surface area contributed by atoms with E-state index >= 15 is 0 Å². The van der Waals surface area contributed by atoms with Gasteiger partial charge in [-0.15, -0.1) is 0 Å². The summed E-state index contributed by atoms with van der Waals surface area (Å²) in [4.78, 5) is 15.1. The van der Waals surface area contributed by atoms with Crippen molar-refractivity contribution in [3.8, 4) is 0 Å². The first-order valence-electron chi connectivity index (χ1n) is 7.46. The monoisotopic (exact) mass is 322 g/mol. The molecule has 0 aliphatic carbocycles. The Morgan fingerprint density at radius 1 is 1.64 bits per heavy atom. The lowest BCUT2D eigenvalue weighted by Crippen LogP contribution is -2.42. The zero-order valence-electron chi connectivity index (χ0n) is 12.4. The van der Waals surface area contributed by atoms with Crippen LogP contribution in [0.2, 0.25) is 5.02 Å². The Hall–Kier alpha value is -1.79. The normalized spacial score (nSPS) is 21.7. The number of rotatable bonds is 4. The number of H-pyrrole nitrogens is 1. The van der Waals surface area contributed by atoms with Gasteiger partial charge in [-0.2, -0.15) is 5.10 Å². The highest BCUT2D eigenvalue weighted by molar-refractivity contribution is 6.30. The molecule has 1 aliphatic rings. The number of aryl methyl sites for hydroxylation is 1. The summed E-state index contributed by atoms with van der Waals surface area (Å²) in [6.45, 7) is 3.54. The third-order valence-corrected chi connectivity index (χ3v) is 4.06. The van der Waals surface area contributed by atoms with Gasteiger partial charge in [0, 0.05) is 31.1 Å². The molecule has 6 nitrogen and oxygen atoms in total. The predicted octanol–water partition coefficient (Wildman–Crippen LogP) is 2.53. The second kappa shape index (κ2) is 6.54. The Bertz CT molecular complexity index is 652. The lowest BCUT2D eigenvalue weighted by Gasteiger charge is -2.31. The van der Waals surface area contributed by atoms with Crippen LogP contribution in [0, 0.1) is 0 Å². The molecule has 2 atom stereocenters. The number of hydrogen-bond donors (Lipinski definition) is 2. The van der Waals surface area contributed by atoms with E-state index in [0.717, 1.165) is 24.9 Å². The van der Waals surface area contributed by atoms with Crippen LogP contribution in [-0.4, -0.2) is 33.3 Å². The number of aromatic nitrogens is 3. The lowest BCUT2D eigenvalue weighted by molar-refractivity contribution is -0.00955. The minimum absolute atomic E-state index is 0.0715. The molecule has 2 aromatic heterocycles. The smallest absolute Gasteiger partial charge is 0.268 e. The van der Waals surface area contributed by atoms with Gasteiger partial charge in [0.25, 0.3) is 5.91 Å². The number of carbonyl (C=O) groups is 1. The summed E-state index contributed by atoms with van der Waals surface area (Å²) in [7, 11) is 0. The number of aromatic amines is 1. The number of hydrogen-bond acceptors (Lipinski definition) is 3. The average Bonchev–Trinajstić information content (AvgIpc) is 3.16. The largest absolute Gasteiger partial charge is 0.371 e. The number of carbonyl (C=O) groups excluding carboxylic acids is 1. The van der Waals surface area contributed by atoms with Crippen LogP contribution >= 0.6 is 11.6 Å². The molecule has 3 rings (SSSR count). The molecule has 2 aromatic rings. The minimum Gasteiger partial charge on any atom is -0.371 e. The molecular weight excluding hydrogens is 304 g/mol. The third kappa shape index (κ3) is 3.18. The molecule has 22 heavy (non-hydrogen) atoms. The summed E-state index contributed by atoms with van der Waals surface area (Å²) in [5, 5.41) is 7.84. The standard InChI is InChI=1S/C15H19ClN4O2/c1-2-20-9-10(7-18-20)14-12(4-3-5-22-14)19-15(21)13-6-11(16)8-17-13/h6-9,12,14,17H,2-5H2,1H3,(H,19,21)/t12-,14+/m0/s1. The second-order valence-corrected chi connectivity index (χ2v) is 5.81. The maximum absolute atomic E-state index is 12.3. The van der Waals surface area contributed by atoms with Crippen LogP contribution in [0.3, 0.4) is 0 Å². The van der Waals surface area contributed by atoms with Crippen molar-refractivity contribution in [1.29, 1.82) is 0 Å². The number of amides is 1. The lowest BCUT2D eigenvalue weighted by atomic mass is 9.98. The molecule has 0 spiro atoms. The summed E-state index contributed by atoms with van der Waals surface area (Å²) < 4.78 is 7.73. The van der Waals surface area contributed by atoms with E-state index in [9.17, 15) is 4.79 Å². The molecule has 1 saturated heterocycles. The van der Waals surface area contributed by atoms with Gasteiger partial charge in [0.05, 0.1) is 17.3 Å². The highest BCUT2D eigenvalue weighted by atomic mass is 35.5. The van der Waals surface area contributed by atoms with Crippen molar-refractivity contribution >= 4 is 17.5 Å². The molecule has 1 aliphatic heterocycles. The van der Waals surface area contributed by atoms with E-state index in [4.69, 9.17) is 16.3 Å². The van der Waals surface area contributed by atoms with Crippen LogP contribution < -0.4 is 5.32 Å². The Morgan fingerprint density at radius 3 is 3.18 bits per heavy atom. The summed E-state index contributed by atoms with van der Waals surface area (Å²) in [6, 6.07) is 1.54. The molecule has 3 heterocycles. The topological polar surface area (TPSA) is 71.9 Å². The van der Waals surface area contributed by atoms with Gasteiger partial charge in [-0.25, -0.2) is 0 Å². The molecule has 1 amide bonds. The van der Waals surface area contributed by atoms with Gasteiger partial charge in [0.15, 0.2) is 0 Å². The zero-order valence-corrected chi connectivity index (χ0v) is 13.1. The Labute approximate surface area is 133 Å². The van der Waals surface area contributed by atoms with Crippen molar-refractivity contribution in [2.75, 3.05) is 6.61 Å². The number of halogens is 1. The van der Waals surface area contributed by atoms with E-state index in [0.29, 0.717) is 17.3 Å². The molecule has 0 bridgehead atoms. The van der Waals surface area contributed by atoms with E-state index in [1.54, 1.807) is 12.3 Å². The summed E-state index contributed by atoms with van der Waals surface area (Å²) in [5.41, 5.74) is 1.45. The SMILES string of the molecule is CCn1cc([C@H]2OCCC[C@@H]2NC(=O)c2cc(Cl)c[nH]2)cn1. The fourth-order valence-electron chi connectivity index (χ4n) is 2.70. The summed E-state index contributed by atoms with van der Waals surface area (Å²) in [6.07, 6.45) is 7.02. The Balaban J connectivity index is 1.73. The number of nitrogens with one attached hydrogen (secondary N) is 2. The molecule has 0 aromatic carbocycles. The maximum Gasteiger partial charge on any atom is 0.268 e. The van der Waals surface area contributed by atoms with Crippen LogP contribution in [0.15, 0.2) is 24.7 Å². The van der Waals surface area contributed by atoms with E-state index < -0.39 is 0 Å². The first-order chi connectivity index (χ1) is 10.7. The first-order valence-corrected chi connectivity index (χ1v) is 7.84. The van der Waals surface area contributed by atoms with E-state index in [1.807, 2.05) is 24.0 Å². The van der Waals surface area contributed by atoms with Gasteiger partial charge in [0.1, 0.15) is 11.8 Å². The maximum atomic E-state index is 12.3. The highest BCUT2D eigenvalue weighted by Gasteiger charge is 2.30. The van der Waals surface area contributed by atoms with Crippen molar-refractivity contribution in [3.63, 3.8) is 0 Å². The number of ether oxygens (including phenoxy) is 1. The fourth-order valence-corrected chi connectivity index (χ4v) is 2.87. The molecule has 7 heteroatoms. The molecular formula is C15H19ClN4O2. The van der Waals surface area contributed by atoms with Gasteiger partial charge in [-0.3, -0.25) is 9.48 Å². The predicted molar refractivity (Wildman–Crippen MR) is 82.9 cm³/mol. The van der Waals surface area contributed by atoms with Crippen LogP contribution in [0.4, 0.5) is 0 Å². The quantitative estimate of drug-likeness (QED) is 0.908. The van der Waals surface area contributed by atoms with Crippen LogP contribution in [-0.2, 0) is 11.3 Å². The van der Waals surface area contributed by atoms with E-state index in [1.165, 1.54) is 0 Å². The molecule has 2 N–H and O–H groups in total. The minimum atomic E-state index is -0.171. The summed E-state index contributed by atoms with van der Waals surface area (Å²) >= 11 is 5.84. The van der Waals surface area contributed by atoms with Crippen molar-refractivity contribution in [2.45, 2.75) is 38.5 Å². The average molecular weight is 323 g/mol. The van der Waals surface area contributed by atoms with E-state index in [-0.39, 0.29) is 18.1 Å². The summed E-state index contributed by atoms with van der Waals surface area (Å²) in [5.74, 6) is -0.171. The molecule has 118 valence electrons. The third-order valence-electron chi connectivity index (χ3n) is 3.84. The number of nitrogens with zero attached hydrogens (tertiary/aromatic N) is 2. The van der Waals surface area contributed by atoms with Crippen molar-refractivity contribution in [1.82, 2.24) is 20.1 Å². The second-order valence-electron chi connectivity index (χ2n) is 5.37. The highest BCUT2D eigenvalue weighted by Crippen LogP contribution is 2.28. The van der Waals surface area contributed by atoms with Crippen molar-refractivity contribution in [3.05, 3.63) is 40.9 Å². The van der Waals surface area contributed by atoms with Crippen LogP contribution in [0.1, 0.15) is 41.9 Å². The molecule has 0 unspecified atom stereocenters. The van der Waals surface area contributed by atoms with Crippen LogP contribution in [0.5, 0.6) is 0 Å². The van der Waals surface area contributed by atoms with E-state index in [2.05, 4.69) is 15.4 Å². The van der Waals surface area contributed by atoms with Gasteiger partial charge < -0.3 is 15.0 Å². The molecule has 0 saturated carbocycles. The van der Waals surface area contributed by atoms with Gasteiger partial charge in [-0.05, 0) is 25.8 Å². The zero-order chi connectivity index (χ0) is 15.5. The van der Waals surface area contributed by atoms with Crippen molar-refractivity contribution in [2.24, 2.45) is 0 Å². The fraction of sp³-hybridized carbons (Fsp3) is 0.467. The van der Waals surface area contributed by atoms with Gasteiger partial charge in [-0.1, -0.05) is 11.6 Å². The Morgan fingerprint density at radius 2 is 2.50 bits per heavy atom. The molecule has 0 radical (unpaired) electrons. The van der Waals surface area contributed by atoms with Gasteiger partial charge >= 0.3 is 0 Å².